The third-order valence-electron chi connectivity index (χ3n) is 6.05. The van der Waals surface area contributed by atoms with Crippen LogP contribution in [0, 0.1) is 0 Å². The highest BCUT2D eigenvalue weighted by Gasteiger charge is 1.96. The van der Waals surface area contributed by atoms with E-state index in [-0.39, 0.29) is 11.8 Å². The van der Waals surface area contributed by atoms with Crippen molar-refractivity contribution in [3.63, 3.8) is 0 Å². The van der Waals surface area contributed by atoms with Crippen LogP contribution in [0.3, 0.4) is 0 Å². The first-order valence-electron chi connectivity index (χ1n) is 14.6. The summed E-state index contributed by atoms with van der Waals surface area (Å²) in [6.07, 6.45) is 30.0. The molecule has 0 saturated heterocycles. The maximum absolute atomic E-state index is 10.5. The summed E-state index contributed by atoms with van der Waals surface area (Å²) < 4.78 is 0. The average Bonchev–Trinajstić information content (AvgIpc) is 2.82. The van der Waals surface area contributed by atoms with Gasteiger partial charge in [0.1, 0.15) is 0 Å². The lowest BCUT2D eigenvalue weighted by Crippen LogP contribution is -2.09. The SMILES string of the molecule is C=C.CCCCCCCCCCCCCC(N)=O.CCCCCCCCCCCCCC(N)=O. The summed E-state index contributed by atoms with van der Waals surface area (Å²) in [6.45, 7) is 10.5. The lowest BCUT2D eigenvalue weighted by molar-refractivity contribution is -0.119. The van der Waals surface area contributed by atoms with Crippen LogP contribution in [0.5, 0.6) is 0 Å². The molecule has 204 valence electrons. The topological polar surface area (TPSA) is 86.2 Å². The van der Waals surface area contributed by atoms with Gasteiger partial charge in [0.15, 0.2) is 0 Å². The molecule has 4 nitrogen and oxygen atoms in total. The molecule has 0 aromatic carbocycles. The molecular formula is C30H62N2O2. The second kappa shape index (κ2) is 36.3. The van der Waals surface area contributed by atoms with Crippen LogP contribution >= 0.6 is 0 Å². The van der Waals surface area contributed by atoms with E-state index in [9.17, 15) is 9.59 Å². The fraction of sp³-hybridized carbons (Fsp3) is 0.867. The van der Waals surface area contributed by atoms with Gasteiger partial charge in [0, 0.05) is 12.8 Å². The summed E-state index contributed by atoms with van der Waals surface area (Å²) in [6, 6.07) is 0. The van der Waals surface area contributed by atoms with E-state index in [2.05, 4.69) is 27.0 Å². The molecule has 0 aliphatic rings. The Balaban J connectivity index is -0.000000526. The Morgan fingerprint density at radius 2 is 0.588 bits per heavy atom. The minimum Gasteiger partial charge on any atom is -0.370 e. The molecule has 0 aromatic rings. The molecular weight excluding hydrogens is 420 g/mol. The summed E-state index contributed by atoms with van der Waals surface area (Å²) in [4.78, 5) is 21.0. The highest BCUT2D eigenvalue weighted by atomic mass is 16.1. The first-order chi connectivity index (χ1) is 16.5. The molecule has 0 bridgehead atoms. The van der Waals surface area contributed by atoms with E-state index in [0.717, 1.165) is 12.8 Å². The number of carbonyl (C=O) groups is 2. The molecule has 0 radical (unpaired) electrons. The molecule has 0 unspecified atom stereocenters. The largest absolute Gasteiger partial charge is 0.370 e. The minimum atomic E-state index is -0.157. The van der Waals surface area contributed by atoms with Crippen molar-refractivity contribution in [2.75, 3.05) is 0 Å². The second-order valence-corrected chi connectivity index (χ2v) is 9.50. The Labute approximate surface area is 214 Å². The lowest BCUT2D eigenvalue weighted by Gasteiger charge is -2.01. The van der Waals surface area contributed by atoms with Crippen molar-refractivity contribution in [3.05, 3.63) is 13.2 Å². The highest BCUT2D eigenvalue weighted by Crippen LogP contribution is 2.12. The van der Waals surface area contributed by atoms with Crippen LogP contribution in [-0.2, 0) is 9.59 Å². The van der Waals surface area contributed by atoms with Crippen molar-refractivity contribution < 1.29 is 9.59 Å². The third-order valence-corrected chi connectivity index (χ3v) is 6.05. The molecule has 4 heteroatoms. The minimum absolute atomic E-state index is 0.157. The van der Waals surface area contributed by atoms with Crippen LogP contribution in [0.15, 0.2) is 13.2 Å². The quantitative estimate of drug-likeness (QED) is 0.106. The van der Waals surface area contributed by atoms with E-state index >= 15 is 0 Å². The lowest BCUT2D eigenvalue weighted by atomic mass is 10.1. The average molecular weight is 483 g/mol. The van der Waals surface area contributed by atoms with Crippen molar-refractivity contribution in [3.8, 4) is 0 Å². The van der Waals surface area contributed by atoms with Gasteiger partial charge in [-0.1, -0.05) is 142 Å². The number of unbranched alkanes of at least 4 members (excludes halogenated alkanes) is 20. The van der Waals surface area contributed by atoms with Crippen molar-refractivity contribution in [1.82, 2.24) is 0 Å². The van der Waals surface area contributed by atoms with Crippen molar-refractivity contribution in [1.29, 1.82) is 0 Å². The molecule has 4 N–H and O–H groups in total. The van der Waals surface area contributed by atoms with Gasteiger partial charge < -0.3 is 11.5 Å². The van der Waals surface area contributed by atoms with E-state index in [0.29, 0.717) is 12.8 Å². The first-order valence-corrected chi connectivity index (χ1v) is 14.6. The standard InChI is InChI=1S/2C14H29NO.C2H4/c2*1-2-3-4-5-6-7-8-9-10-11-12-13-14(15)16;1-2/h2*2-13H2,1H3,(H2,15,16);1-2H2. The van der Waals surface area contributed by atoms with Gasteiger partial charge in [0.2, 0.25) is 11.8 Å². The molecule has 0 fully saturated rings. The molecule has 0 aliphatic carbocycles. The maximum Gasteiger partial charge on any atom is 0.217 e. The molecule has 0 aromatic heterocycles. The molecule has 34 heavy (non-hydrogen) atoms. The van der Waals surface area contributed by atoms with Crippen molar-refractivity contribution >= 4 is 11.8 Å². The van der Waals surface area contributed by atoms with Crippen LogP contribution in [0.25, 0.3) is 0 Å². The van der Waals surface area contributed by atoms with Gasteiger partial charge in [-0.25, -0.2) is 0 Å². The zero-order valence-electron chi connectivity index (χ0n) is 23.4. The molecule has 0 aliphatic heterocycles. The van der Waals surface area contributed by atoms with E-state index < -0.39 is 0 Å². The molecule has 0 saturated carbocycles. The highest BCUT2D eigenvalue weighted by molar-refractivity contribution is 5.73. The summed E-state index contributed by atoms with van der Waals surface area (Å²) >= 11 is 0. The molecule has 2 amide bonds. The zero-order valence-corrected chi connectivity index (χ0v) is 23.4. The van der Waals surface area contributed by atoms with E-state index in [1.54, 1.807) is 0 Å². The van der Waals surface area contributed by atoms with Crippen LogP contribution in [0.2, 0.25) is 0 Å². The number of hydrogen-bond acceptors (Lipinski definition) is 2. The summed E-state index contributed by atoms with van der Waals surface area (Å²) in [5.74, 6) is -0.313. The van der Waals surface area contributed by atoms with Gasteiger partial charge in [-0.05, 0) is 12.8 Å². The molecule has 0 atom stereocenters. The Kier molecular flexibility index (Phi) is 39.7. The molecule has 0 spiro atoms. The number of primary amides is 2. The Morgan fingerprint density at radius 3 is 0.765 bits per heavy atom. The fourth-order valence-electron chi connectivity index (χ4n) is 3.93. The Bertz CT molecular complexity index is 363. The molecule has 0 rings (SSSR count). The van der Waals surface area contributed by atoms with Crippen molar-refractivity contribution in [2.45, 2.75) is 168 Å². The van der Waals surface area contributed by atoms with Gasteiger partial charge in [0.25, 0.3) is 0 Å². The number of nitrogens with two attached hydrogens (primary N) is 2. The summed E-state index contributed by atoms with van der Waals surface area (Å²) in [7, 11) is 0. The van der Waals surface area contributed by atoms with Gasteiger partial charge >= 0.3 is 0 Å². The summed E-state index contributed by atoms with van der Waals surface area (Å²) in [5.41, 5.74) is 10.1. The zero-order chi connectivity index (χ0) is 26.1. The number of hydrogen-bond donors (Lipinski definition) is 2. The Morgan fingerprint density at radius 1 is 0.412 bits per heavy atom. The maximum atomic E-state index is 10.5. The fourth-order valence-corrected chi connectivity index (χ4v) is 3.93. The monoisotopic (exact) mass is 482 g/mol. The van der Waals surface area contributed by atoms with Crippen LogP contribution in [-0.4, -0.2) is 11.8 Å². The smallest absolute Gasteiger partial charge is 0.217 e. The Hall–Kier alpha value is -1.32. The number of carbonyl (C=O) groups excluding carboxylic acids is 2. The normalized spacial score (nSPS) is 10.1. The van der Waals surface area contributed by atoms with Gasteiger partial charge in [0.05, 0.1) is 0 Å². The van der Waals surface area contributed by atoms with Gasteiger partial charge in [-0.15, -0.1) is 13.2 Å². The molecule has 0 heterocycles. The van der Waals surface area contributed by atoms with Crippen LogP contribution in [0.1, 0.15) is 168 Å². The summed E-state index contributed by atoms with van der Waals surface area (Å²) in [5, 5.41) is 0. The first kappa shape index (κ1) is 37.2. The second-order valence-electron chi connectivity index (χ2n) is 9.50. The van der Waals surface area contributed by atoms with Gasteiger partial charge in [-0.3, -0.25) is 9.59 Å². The van der Waals surface area contributed by atoms with E-state index in [1.165, 1.54) is 128 Å². The van der Waals surface area contributed by atoms with Crippen LogP contribution < -0.4 is 11.5 Å². The van der Waals surface area contributed by atoms with Crippen LogP contribution in [0.4, 0.5) is 0 Å². The number of rotatable bonds is 24. The van der Waals surface area contributed by atoms with Crippen molar-refractivity contribution in [2.24, 2.45) is 11.5 Å². The third kappa shape index (κ3) is 44.4. The van der Waals surface area contributed by atoms with Gasteiger partial charge in [-0.2, -0.15) is 0 Å². The predicted molar refractivity (Wildman–Crippen MR) is 152 cm³/mol. The predicted octanol–water partition coefficient (Wildman–Crippen LogP) is 9.15. The van der Waals surface area contributed by atoms with E-state index in [4.69, 9.17) is 11.5 Å². The number of amides is 2. The van der Waals surface area contributed by atoms with E-state index in [1.807, 2.05) is 0 Å².